The van der Waals surface area contributed by atoms with Gasteiger partial charge >= 0.3 is 5.97 Å². The monoisotopic (exact) mass is 202 g/mol. The van der Waals surface area contributed by atoms with Gasteiger partial charge in [0, 0.05) is 0 Å². The van der Waals surface area contributed by atoms with Gasteiger partial charge in [-0.25, -0.2) is 18.6 Å². The molecule has 14 heavy (non-hydrogen) atoms. The number of halogens is 2. The molecule has 6 heteroatoms. The number of anilines is 1. The summed E-state index contributed by atoms with van der Waals surface area (Å²) in [5.74, 6) is -1.56. The van der Waals surface area contributed by atoms with Gasteiger partial charge in [-0.15, -0.1) is 0 Å². The molecule has 1 aromatic rings. The molecule has 0 aliphatic heterocycles. The van der Waals surface area contributed by atoms with Crippen LogP contribution in [-0.2, 0) is 0 Å². The fraction of sp³-hybridized carbons (Fsp3) is 0.250. The number of nitrogens with zero attached hydrogens (tertiary/aromatic N) is 1. The van der Waals surface area contributed by atoms with Crippen LogP contribution in [0.3, 0.4) is 0 Å². The third kappa shape index (κ3) is 1.78. The number of carboxylic acids is 1. The van der Waals surface area contributed by atoms with E-state index in [9.17, 15) is 13.6 Å². The van der Waals surface area contributed by atoms with Crippen molar-refractivity contribution in [2.45, 2.75) is 13.3 Å². The van der Waals surface area contributed by atoms with Gasteiger partial charge in [0.25, 0.3) is 6.43 Å². The minimum absolute atomic E-state index is 0.0493. The van der Waals surface area contributed by atoms with Crippen molar-refractivity contribution < 1.29 is 18.7 Å². The second-order valence-electron chi connectivity index (χ2n) is 2.73. The number of aromatic carboxylic acids is 1. The zero-order chi connectivity index (χ0) is 10.9. The largest absolute Gasteiger partial charge is 0.476 e. The molecular formula is C8H8F2N2O2. The van der Waals surface area contributed by atoms with Gasteiger partial charge in [0.15, 0.2) is 5.69 Å². The summed E-state index contributed by atoms with van der Waals surface area (Å²) in [5, 5.41) is 8.58. The molecule has 1 rings (SSSR count). The van der Waals surface area contributed by atoms with Crippen molar-refractivity contribution in [1.82, 2.24) is 4.98 Å². The first-order valence-electron chi connectivity index (χ1n) is 3.72. The predicted octanol–water partition coefficient (Wildman–Crippen LogP) is 1.61. The number of aryl methyl sites for hydroxylation is 1. The number of aromatic nitrogens is 1. The Balaban J connectivity index is 3.39. The van der Waals surface area contributed by atoms with Crippen molar-refractivity contribution in [3.8, 4) is 0 Å². The highest BCUT2D eigenvalue weighted by Gasteiger charge is 2.20. The first kappa shape index (κ1) is 10.4. The molecule has 0 bridgehead atoms. The summed E-state index contributed by atoms with van der Waals surface area (Å²) in [6, 6.07) is 1.04. The Morgan fingerprint density at radius 3 is 2.64 bits per heavy atom. The van der Waals surface area contributed by atoms with Crippen LogP contribution in [0.5, 0.6) is 0 Å². The molecule has 4 nitrogen and oxygen atoms in total. The van der Waals surface area contributed by atoms with Gasteiger partial charge in [0.1, 0.15) is 5.82 Å². The molecule has 0 unspecified atom stereocenters. The topological polar surface area (TPSA) is 76.2 Å². The van der Waals surface area contributed by atoms with Gasteiger partial charge in [-0.1, -0.05) is 0 Å². The highest BCUT2D eigenvalue weighted by molar-refractivity contribution is 5.87. The lowest BCUT2D eigenvalue weighted by Gasteiger charge is -2.07. The van der Waals surface area contributed by atoms with Crippen LogP contribution < -0.4 is 5.73 Å². The van der Waals surface area contributed by atoms with Gasteiger partial charge in [-0.3, -0.25) is 0 Å². The molecule has 0 amide bonds. The van der Waals surface area contributed by atoms with E-state index in [1.54, 1.807) is 0 Å². The molecule has 0 aliphatic carbocycles. The summed E-state index contributed by atoms with van der Waals surface area (Å²) in [6.07, 6.45) is -2.87. The molecular weight excluding hydrogens is 194 g/mol. The minimum Gasteiger partial charge on any atom is -0.476 e. The summed E-state index contributed by atoms with van der Waals surface area (Å²) < 4.78 is 24.7. The maximum Gasteiger partial charge on any atom is 0.355 e. The van der Waals surface area contributed by atoms with E-state index in [2.05, 4.69) is 4.98 Å². The Kier molecular flexibility index (Phi) is 2.64. The van der Waals surface area contributed by atoms with Crippen LogP contribution >= 0.6 is 0 Å². The van der Waals surface area contributed by atoms with Crippen molar-refractivity contribution in [3.63, 3.8) is 0 Å². The van der Waals surface area contributed by atoms with Gasteiger partial charge in [0.05, 0.1) is 5.56 Å². The number of carbonyl (C=O) groups is 1. The van der Waals surface area contributed by atoms with Crippen LogP contribution in [0.1, 0.15) is 28.0 Å². The number of rotatable bonds is 2. The molecule has 76 valence electrons. The van der Waals surface area contributed by atoms with Crippen LogP contribution in [0.2, 0.25) is 0 Å². The number of alkyl halides is 2. The average molecular weight is 202 g/mol. The van der Waals surface area contributed by atoms with Gasteiger partial charge in [-0.2, -0.15) is 0 Å². The zero-order valence-corrected chi connectivity index (χ0v) is 7.29. The fourth-order valence-corrected chi connectivity index (χ4v) is 0.986. The van der Waals surface area contributed by atoms with Crippen LogP contribution in [0.4, 0.5) is 14.6 Å². The molecule has 3 N–H and O–H groups in total. The van der Waals surface area contributed by atoms with Crippen LogP contribution in [0.15, 0.2) is 6.07 Å². The number of nitrogen functional groups attached to an aromatic ring is 1. The highest BCUT2D eigenvalue weighted by Crippen LogP contribution is 2.24. The lowest BCUT2D eigenvalue weighted by atomic mass is 10.1. The molecule has 0 saturated heterocycles. The van der Waals surface area contributed by atoms with Crippen molar-refractivity contribution in [2.24, 2.45) is 0 Å². The van der Waals surface area contributed by atoms with Crippen molar-refractivity contribution in [2.75, 3.05) is 5.73 Å². The van der Waals surface area contributed by atoms with E-state index < -0.39 is 23.7 Å². The third-order valence-corrected chi connectivity index (χ3v) is 1.72. The van der Waals surface area contributed by atoms with Crippen molar-refractivity contribution >= 4 is 11.8 Å². The SMILES string of the molecule is Cc1cc(C(F)F)c(C(=O)O)nc1N. The van der Waals surface area contributed by atoms with Crippen molar-refractivity contribution in [3.05, 3.63) is 22.9 Å². The van der Waals surface area contributed by atoms with Crippen LogP contribution in [0, 0.1) is 6.92 Å². The number of carboxylic acid groups (broad SMARTS) is 1. The molecule has 0 aliphatic rings. The number of nitrogens with two attached hydrogens (primary N) is 1. The highest BCUT2D eigenvalue weighted by atomic mass is 19.3. The lowest BCUT2D eigenvalue weighted by Crippen LogP contribution is -2.09. The summed E-state index contributed by atoms with van der Waals surface area (Å²) >= 11 is 0. The van der Waals surface area contributed by atoms with Gasteiger partial charge in [0.2, 0.25) is 0 Å². The van der Waals surface area contributed by atoms with Gasteiger partial charge in [-0.05, 0) is 18.6 Å². The lowest BCUT2D eigenvalue weighted by molar-refractivity contribution is 0.0677. The van der Waals surface area contributed by atoms with E-state index in [-0.39, 0.29) is 5.82 Å². The first-order chi connectivity index (χ1) is 6.43. The third-order valence-electron chi connectivity index (χ3n) is 1.72. The van der Waals surface area contributed by atoms with E-state index >= 15 is 0 Å². The Morgan fingerprint density at radius 1 is 1.64 bits per heavy atom. The Hall–Kier alpha value is -1.72. The summed E-state index contributed by atoms with van der Waals surface area (Å²) in [5.41, 5.74) is 4.35. The second kappa shape index (κ2) is 3.57. The Morgan fingerprint density at radius 2 is 2.21 bits per heavy atom. The minimum atomic E-state index is -2.87. The summed E-state index contributed by atoms with van der Waals surface area (Å²) in [4.78, 5) is 13.9. The molecule has 1 heterocycles. The zero-order valence-electron chi connectivity index (χ0n) is 7.29. The van der Waals surface area contributed by atoms with Crippen LogP contribution in [-0.4, -0.2) is 16.1 Å². The number of hydrogen-bond acceptors (Lipinski definition) is 3. The van der Waals surface area contributed by atoms with Gasteiger partial charge < -0.3 is 10.8 Å². The number of pyridine rings is 1. The predicted molar refractivity (Wildman–Crippen MR) is 45.3 cm³/mol. The maximum absolute atomic E-state index is 12.4. The Bertz CT molecular complexity index is 380. The first-order valence-corrected chi connectivity index (χ1v) is 3.72. The fourth-order valence-electron chi connectivity index (χ4n) is 0.986. The van der Waals surface area contributed by atoms with Crippen LogP contribution in [0.25, 0.3) is 0 Å². The quantitative estimate of drug-likeness (QED) is 0.763. The van der Waals surface area contributed by atoms with E-state index in [1.807, 2.05) is 0 Å². The summed E-state index contributed by atoms with van der Waals surface area (Å²) in [6.45, 7) is 1.49. The maximum atomic E-state index is 12.4. The Labute approximate surface area is 78.4 Å². The molecule has 0 aromatic carbocycles. The molecule has 0 atom stereocenters. The summed E-state index contributed by atoms with van der Waals surface area (Å²) in [7, 11) is 0. The second-order valence-corrected chi connectivity index (χ2v) is 2.73. The van der Waals surface area contributed by atoms with E-state index in [0.29, 0.717) is 5.56 Å². The standard InChI is InChI=1S/C8H8F2N2O2/c1-3-2-4(6(9)10)5(8(13)14)12-7(3)11/h2,6H,1H3,(H2,11,12)(H,13,14). The van der Waals surface area contributed by atoms with E-state index in [1.165, 1.54) is 6.92 Å². The number of hydrogen-bond donors (Lipinski definition) is 2. The normalized spacial score (nSPS) is 10.6. The smallest absolute Gasteiger partial charge is 0.355 e. The molecule has 0 fully saturated rings. The van der Waals surface area contributed by atoms with E-state index in [0.717, 1.165) is 6.07 Å². The van der Waals surface area contributed by atoms with E-state index in [4.69, 9.17) is 10.8 Å². The van der Waals surface area contributed by atoms with Crippen molar-refractivity contribution in [1.29, 1.82) is 0 Å². The average Bonchev–Trinajstić information content (AvgIpc) is 2.08. The molecule has 0 radical (unpaired) electrons. The molecule has 0 saturated carbocycles. The molecule has 0 spiro atoms. The molecule has 1 aromatic heterocycles.